The Kier molecular flexibility index (Phi) is 6.05. The molecule has 35 heavy (non-hydrogen) atoms. The molecule has 0 spiro atoms. The second-order valence-corrected chi connectivity index (χ2v) is 10.6. The fourth-order valence-corrected chi connectivity index (χ4v) is 5.84. The number of amides is 3. The first-order valence-electron chi connectivity index (χ1n) is 10.6. The number of thioether (sulfide) groups is 1. The molecule has 4 N–H and O–H groups in total. The molecule has 1 unspecified atom stereocenters. The van der Waals surface area contributed by atoms with Gasteiger partial charge in [-0.25, -0.2) is 9.59 Å². The minimum Gasteiger partial charge on any atom is -0.480 e. The monoisotopic (exact) mass is 501 g/mol. The zero-order chi connectivity index (χ0) is 25.7. The van der Waals surface area contributed by atoms with Crippen molar-refractivity contribution in [2.24, 2.45) is 7.05 Å². The third-order valence-corrected chi connectivity index (χ3v) is 7.60. The van der Waals surface area contributed by atoms with Gasteiger partial charge in [0.15, 0.2) is 0 Å². The summed E-state index contributed by atoms with van der Waals surface area (Å²) in [4.78, 5) is 77.9. The van der Waals surface area contributed by atoms with Gasteiger partial charge in [-0.2, -0.15) is 0 Å². The van der Waals surface area contributed by atoms with E-state index in [4.69, 9.17) is 0 Å². The van der Waals surface area contributed by atoms with Crippen LogP contribution in [0.15, 0.2) is 46.0 Å². The highest BCUT2D eigenvalue weighted by Crippen LogP contribution is 2.50. The highest BCUT2D eigenvalue weighted by Gasteiger charge is 2.64. The zero-order valence-electron chi connectivity index (χ0n) is 19.0. The maximum absolute atomic E-state index is 13.3. The van der Waals surface area contributed by atoms with Gasteiger partial charge in [0.05, 0.1) is 0 Å². The Morgan fingerprint density at radius 2 is 1.80 bits per heavy atom. The molecule has 2 aliphatic rings. The highest BCUT2D eigenvalue weighted by atomic mass is 32.2. The summed E-state index contributed by atoms with van der Waals surface area (Å²) in [7, 11) is 1.25. The van der Waals surface area contributed by atoms with E-state index in [1.807, 2.05) is 0 Å². The summed E-state index contributed by atoms with van der Waals surface area (Å²) >= 11 is 1.28. The van der Waals surface area contributed by atoms with Crippen LogP contribution in [0.25, 0.3) is 0 Å². The Morgan fingerprint density at radius 3 is 2.40 bits per heavy atom. The summed E-state index contributed by atoms with van der Waals surface area (Å²) in [6, 6.07) is 5.91. The summed E-state index contributed by atoms with van der Waals surface area (Å²) in [6.45, 7) is 3.44. The van der Waals surface area contributed by atoms with Crippen molar-refractivity contribution in [1.29, 1.82) is 0 Å². The van der Waals surface area contributed by atoms with E-state index in [0.29, 0.717) is 5.56 Å². The number of β-lactam (4-membered cyclic amide) rings is 1. The summed E-state index contributed by atoms with van der Waals surface area (Å²) in [6.07, 6.45) is 0. The van der Waals surface area contributed by atoms with Gasteiger partial charge >= 0.3 is 11.7 Å². The molecular formula is C22H23N5O7S. The first-order valence-corrected chi connectivity index (χ1v) is 11.5. The van der Waals surface area contributed by atoms with Gasteiger partial charge in [0.25, 0.3) is 11.5 Å². The summed E-state index contributed by atoms with van der Waals surface area (Å²) in [5.74, 6) is -3.22. The number of hydrogen-bond donors (Lipinski definition) is 4. The smallest absolute Gasteiger partial charge is 0.328 e. The summed E-state index contributed by atoms with van der Waals surface area (Å²) in [5, 5.41) is 14.1. The molecule has 184 valence electrons. The Bertz CT molecular complexity index is 1300. The molecule has 0 radical (unpaired) electrons. The summed E-state index contributed by atoms with van der Waals surface area (Å²) < 4.78 is 0.0291. The molecule has 3 amide bonds. The quantitative estimate of drug-likeness (QED) is 0.372. The predicted octanol–water partition coefficient (Wildman–Crippen LogP) is -0.824. The van der Waals surface area contributed by atoms with Crippen LogP contribution in [-0.2, 0) is 21.4 Å². The van der Waals surface area contributed by atoms with Crippen molar-refractivity contribution in [1.82, 2.24) is 25.1 Å². The molecule has 0 saturated carbocycles. The average Bonchev–Trinajstić information content (AvgIpc) is 3.07. The van der Waals surface area contributed by atoms with Crippen molar-refractivity contribution < 1.29 is 24.3 Å². The molecule has 2 saturated heterocycles. The van der Waals surface area contributed by atoms with Crippen molar-refractivity contribution in [2.75, 3.05) is 0 Å². The number of carboxylic acid groups (broad SMARTS) is 1. The Morgan fingerprint density at radius 1 is 1.14 bits per heavy atom. The predicted molar refractivity (Wildman–Crippen MR) is 125 cm³/mol. The minimum atomic E-state index is -1.26. The van der Waals surface area contributed by atoms with Crippen molar-refractivity contribution in [3.63, 3.8) is 0 Å². The molecule has 13 heteroatoms. The molecule has 4 atom stereocenters. The number of nitrogens with one attached hydrogen (secondary N) is 3. The number of hydrogen-bond acceptors (Lipinski definition) is 7. The van der Waals surface area contributed by atoms with E-state index in [9.17, 15) is 33.9 Å². The number of carboxylic acids is 1. The molecule has 4 rings (SSSR count). The Labute approximate surface area is 202 Å². The Balaban J connectivity index is 1.57. The van der Waals surface area contributed by atoms with Crippen molar-refractivity contribution in [3.8, 4) is 0 Å². The number of benzene rings is 1. The number of carbonyl (C=O) groups excluding carboxylic acids is 3. The lowest BCUT2D eigenvalue weighted by atomic mass is 9.95. The maximum atomic E-state index is 13.3. The lowest BCUT2D eigenvalue weighted by molar-refractivity contribution is -0.161. The largest absolute Gasteiger partial charge is 0.480 e. The first-order chi connectivity index (χ1) is 16.4. The summed E-state index contributed by atoms with van der Waals surface area (Å²) in [5.41, 5.74) is -1.42. The fourth-order valence-electron chi connectivity index (χ4n) is 4.21. The van der Waals surface area contributed by atoms with Crippen molar-refractivity contribution >= 4 is 35.5 Å². The zero-order valence-corrected chi connectivity index (χ0v) is 19.8. The van der Waals surface area contributed by atoms with Crippen LogP contribution in [0, 0.1) is 0 Å². The van der Waals surface area contributed by atoms with Crippen LogP contribution < -0.4 is 21.9 Å². The third kappa shape index (κ3) is 4.22. The lowest BCUT2D eigenvalue weighted by Gasteiger charge is -2.44. The number of carbonyl (C=O) groups is 4. The van der Waals surface area contributed by atoms with Crippen LogP contribution in [-0.4, -0.2) is 65.5 Å². The van der Waals surface area contributed by atoms with Gasteiger partial charge < -0.3 is 25.6 Å². The number of H-pyrrole nitrogens is 1. The normalized spacial score (nSPS) is 23.1. The number of nitrogens with zero attached hydrogens (tertiary/aromatic N) is 2. The van der Waals surface area contributed by atoms with Crippen LogP contribution in [0.4, 0.5) is 0 Å². The van der Waals surface area contributed by atoms with Gasteiger partial charge in [-0.1, -0.05) is 30.3 Å². The van der Waals surface area contributed by atoms with Crippen LogP contribution in [0.5, 0.6) is 0 Å². The fraction of sp³-hybridized carbons (Fsp3) is 0.364. The van der Waals surface area contributed by atoms with E-state index < -0.39 is 63.2 Å². The lowest BCUT2D eigenvalue weighted by Crippen LogP contribution is -2.71. The molecule has 0 bridgehead atoms. The molecule has 0 aliphatic carbocycles. The molecule has 1 aromatic carbocycles. The maximum Gasteiger partial charge on any atom is 0.328 e. The average molecular weight is 502 g/mol. The van der Waals surface area contributed by atoms with E-state index in [-0.39, 0.29) is 5.69 Å². The first kappa shape index (κ1) is 24.3. The molecule has 3 heterocycles. The number of aromatic amines is 1. The minimum absolute atomic E-state index is 0.324. The SMILES string of the molecule is Cn1c(=O)cc(C(=O)NC(C(=O)N[C@@H]2C(=O)N3[C@@H]2SC(C)(C)[C@@H]3C(=O)O)c2ccccc2)[nH]c1=O. The molecule has 2 aliphatic heterocycles. The van der Waals surface area contributed by atoms with E-state index in [1.54, 1.807) is 44.2 Å². The van der Waals surface area contributed by atoms with Gasteiger partial charge in [0.1, 0.15) is 29.2 Å². The molecule has 2 aromatic rings. The van der Waals surface area contributed by atoms with Crippen molar-refractivity contribution in [3.05, 3.63) is 68.5 Å². The third-order valence-electron chi connectivity index (χ3n) is 6.03. The number of aliphatic carboxylic acids is 1. The second-order valence-electron chi connectivity index (χ2n) is 8.79. The van der Waals surface area contributed by atoms with Gasteiger partial charge in [-0.05, 0) is 19.4 Å². The van der Waals surface area contributed by atoms with E-state index >= 15 is 0 Å². The number of aromatic nitrogens is 2. The van der Waals surface area contributed by atoms with E-state index in [1.165, 1.54) is 23.7 Å². The highest BCUT2D eigenvalue weighted by molar-refractivity contribution is 8.01. The number of rotatable bonds is 6. The topological polar surface area (TPSA) is 171 Å². The van der Waals surface area contributed by atoms with Crippen LogP contribution >= 0.6 is 11.8 Å². The standard InChI is InChI=1S/C22H23N5O7S/c1-22(2)15(20(32)33)27-18(31)14(19(27)35-22)25-17(30)13(10-7-5-4-6-8-10)24-16(29)11-9-12(28)26(3)21(34)23-11/h4-9,13-15,19H,1-3H3,(H,23,34)(H,24,29)(H,25,30)(H,32,33)/t13?,14-,15+,19-/m1/s1. The van der Waals surface area contributed by atoms with Gasteiger partial charge in [0, 0.05) is 17.9 Å². The molecule has 12 nitrogen and oxygen atoms in total. The van der Waals surface area contributed by atoms with Crippen LogP contribution in [0.1, 0.15) is 35.9 Å². The molecule has 2 fully saturated rings. The Hall–Kier alpha value is -3.87. The van der Waals surface area contributed by atoms with Crippen LogP contribution in [0.2, 0.25) is 0 Å². The number of fused-ring (bicyclic) bond motifs is 1. The van der Waals surface area contributed by atoms with Crippen molar-refractivity contribution in [2.45, 2.75) is 42.1 Å². The van der Waals surface area contributed by atoms with Gasteiger partial charge in [-0.3, -0.25) is 23.7 Å². The second kappa shape index (κ2) is 8.73. The van der Waals surface area contributed by atoms with Crippen LogP contribution in [0.3, 0.4) is 0 Å². The van der Waals surface area contributed by atoms with Gasteiger partial charge in [-0.15, -0.1) is 11.8 Å². The van der Waals surface area contributed by atoms with Gasteiger partial charge in [0.2, 0.25) is 11.8 Å². The van der Waals surface area contributed by atoms with E-state index in [0.717, 1.165) is 10.6 Å². The van der Waals surface area contributed by atoms with E-state index in [2.05, 4.69) is 15.6 Å². The molecular weight excluding hydrogens is 478 g/mol. The molecule has 1 aromatic heterocycles.